The summed E-state index contributed by atoms with van der Waals surface area (Å²) in [4.78, 5) is 21.5. The molecule has 1 N–H and O–H groups in total. The fourth-order valence-electron chi connectivity index (χ4n) is 4.01. The fraction of sp³-hybridized carbons (Fsp3) is 0.179. The summed E-state index contributed by atoms with van der Waals surface area (Å²) in [5.41, 5.74) is 2.09. The summed E-state index contributed by atoms with van der Waals surface area (Å²) in [6, 6.07) is 30.0. The van der Waals surface area contributed by atoms with Crippen LogP contribution >= 0.6 is 0 Å². The van der Waals surface area contributed by atoms with Gasteiger partial charge in [0.25, 0.3) is 0 Å². The molecule has 0 saturated heterocycles. The second-order valence-corrected chi connectivity index (χ2v) is 8.01. The number of aliphatic carboxylic acids is 1. The molecule has 6 nitrogen and oxygen atoms in total. The number of aryl methyl sites for hydroxylation is 2. The molecule has 3 aromatic carbocycles. The highest BCUT2D eigenvalue weighted by Gasteiger charge is 2.50. The van der Waals surface area contributed by atoms with Gasteiger partial charge in [-0.2, -0.15) is 0 Å². The molecular weight excluding hydrogens is 428 g/mol. The Balaban J connectivity index is 1.90. The number of carbonyl (C=O) groups is 1. The number of aromatic nitrogens is 2. The van der Waals surface area contributed by atoms with E-state index in [2.05, 4.69) is 9.97 Å². The van der Waals surface area contributed by atoms with Crippen LogP contribution in [0.2, 0.25) is 0 Å². The zero-order valence-electron chi connectivity index (χ0n) is 19.1. The zero-order chi connectivity index (χ0) is 24.0. The van der Waals surface area contributed by atoms with Crippen LogP contribution in [-0.2, 0) is 21.7 Å². The van der Waals surface area contributed by atoms with Gasteiger partial charge in [0.05, 0.1) is 6.61 Å². The van der Waals surface area contributed by atoms with Crippen molar-refractivity contribution in [3.8, 4) is 6.01 Å². The Morgan fingerprint density at radius 2 is 1.29 bits per heavy atom. The number of hydrogen-bond acceptors (Lipinski definition) is 5. The molecule has 4 rings (SSSR count). The smallest absolute Gasteiger partial charge is 0.348 e. The Bertz CT molecular complexity index is 1170. The first-order chi connectivity index (χ1) is 16.5. The van der Waals surface area contributed by atoms with Crippen molar-refractivity contribution in [2.24, 2.45) is 0 Å². The van der Waals surface area contributed by atoms with Crippen LogP contribution in [0.15, 0.2) is 97.1 Å². The number of hydrogen-bond donors (Lipinski definition) is 1. The molecule has 0 aliphatic rings. The summed E-state index contributed by atoms with van der Waals surface area (Å²) >= 11 is 0. The van der Waals surface area contributed by atoms with E-state index in [9.17, 15) is 9.90 Å². The van der Waals surface area contributed by atoms with Crippen LogP contribution in [0.1, 0.15) is 28.1 Å². The number of carboxylic acids is 1. The summed E-state index contributed by atoms with van der Waals surface area (Å²) in [5.74, 6) is -1.19. The fourth-order valence-corrected chi connectivity index (χ4v) is 4.01. The van der Waals surface area contributed by atoms with E-state index in [1.54, 1.807) is 6.07 Å². The van der Waals surface area contributed by atoms with E-state index in [1.807, 2.05) is 105 Å². The molecule has 0 bridgehead atoms. The Kier molecular flexibility index (Phi) is 6.99. The molecule has 0 aliphatic carbocycles. The Morgan fingerprint density at radius 1 is 0.824 bits per heavy atom. The molecule has 1 atom stereocenters. The highest BCUT2D eigenvalue weighted by molar-refractivity contribution is 5.76. The number of benzene rings is 3. The van der Waals surface area contributed by atoms with E-state index in [0.717, 1.165) is 5.56 Å². The van der Waals surface area contributed by atoms with Gasteiger partial charge >= 0.3 is 12.0 Å². The standard InChI is InChI=1S/C28H26N2O4/c1-20-18-21(2)30-27(29-20)34-25(26(31)32)28(23-14-8-4-9-15-23,24-16-10-5-11-17-24)33-19-22-12-6-3-7-13-22/h3-18,25H,19H2,1-2H3,(H,31,32)/t25-/m1/s1. The van der Waals surface area contributed by atoms with Gasteiger partial charge in [0.2, 0.25) is 6.10 Å². The van der Waals surface area contributed by atoms with Crippen molar-refractivity contribution in [1.82, 2.24) is 9.97 Å². The van der Waals surface area contributed by atoms with Crippen molar-refractivity contribution in [2.75, 3.05) is 0 Å². The van der Waals surface area contributed by atoms with E-state index >= 15 is 0 Å². The maximum Gasteiger partial charge on any atom is 0.348 e. The van der Waals surface area contributed by atoms with Crippen molar-refractivity contribution in [2.45, 2.75) is 32.2 Å². The summed E-state index contributed by atoms with van der Waals surface area (Å²) < 4.78 is 12.6. The van der Waals surface area contributed by atoms with Gasteiger partial charge in [-0.05, 0) is 36.6 Å². The molecule has 0 amide bonds. The van der Waals surface area contributed by atoms with Gasteiger partial charge in [-0.1, -0.05) is 91.0 Å². The van der Waals surface area contributed by atoms with Crippen LogP contribution in [0.4, 0.5) is 0 Å². The van der Waals surface area contributed by atoms with Crippen LogP contribution in [0, 0.1) is 13.8 Å². The lowest BCUT2D eigenvalue weighted by molar-refractivity contribution is -0.166. The molecule has 0 saturated carbocycles. The third-order valence-electron chi connectivity index (χ3n) is 5.49. The minimum absolute atomic E-state index is 0.00977. The van der Waals surface area contributed by atoms with Gasteiger partial charge in [0.15, 0.2) is 5.60 Å². The van der Waals surface area contributed by atoms with E-state index in [1.165, 1.54) is 0 Å². The van der Waals surface area contributed by atoms with Gasteiger partial charge in [-0.15, -0.1) is 0 Å². The van der Waals surface area contributed by atoms with E-state index < -0.39 is 17.7 Å². The highest BCUT2D eigenvalue weighted by atomic mass is 16.6. The summed E-state index contributed by atoms with van der Waals surface area (Å²) in [6.07, 6.45) is -1.47. The SMILES string of the molecule is Cc1cc(C)nc(O[C@H](C(=O)O)C(OCc2ccccc2)(c2ccccc2)c2ccccc2)n1. The second kappa shape index (κ2) is 10.3. The molecule has 1 heterocycles. The minimum atomic E-state index is -1.48. The van der Waals surface area contributed by atoms with Crippen LogP contribution in [0.3, 0.4) is 0 Å². The molecule has 0 spiro atoms. The zero-order valence-corrected chi connectivity index (χ0v) is 19.1. The van der Waals surface area contributed by atoms with Crippen molar-refractivity contribution in [3.63, 3.8) is 0 Å². The monoisotopic (exact) mass is 454 g/mol. The number of nitrogens with zero attached hydrogens (tertiary/aromatic N) is 2. The Morgan fingerprint density at radius 3 is 1.76 bits per heavy atom. The molecule has 4 aromatic rings. The van der Waals surface area contributed by atoms with Crippen molar-refractivity contribution >= 4 is 5.97 Å². The third-order valence-corrected chi connectivity index (χ3v) is 5.49. The molecule has 0 fully saturated rings. The van der Waals surface area contributed by atoms with E-state index in [4.69, 9.17) is 9.47 Å². The maximum absolute atomic E-state index is 12.8. The molecule has 0 radical (unpaired) electrons. The topological polar surface area (TPSA) is 81.5 Å². The molecule has 0 aliphatic heterocycles. The van der Waals surface area contributed by atoms with Gasteiger partial charge in [-0.25, -0.2) is 14.8 Å². The summed E-state index contributed by atoms with van der Waals surface area (Å²) in [6.45, 7) is 3.79. The first-order valence-corrected chi connectivity index (χ1v) is 11.0. The van der Waals surface area contributed by atoms with E-state index in [-0.39, 0.29) is 12.6 Å². The molecule has 1 aromatic heterocycles. The van der Waals surface area contributed by atoms with Crippen LogP contribution in [0.5, 0.6) is 6.01 Å². The summed E-state index contributed by atoms with van der Waals surface area (Å²) in [5, 5.41) is 10.5. The average Bonchev–Trinajstić information content (AvgIpc) is 2.85. The Hall–Kier alpha value is -4.03. The molecule has 172 valence electrons. The van der Waals surface area contributed by atoms with Crippen molar-refractivity contribution in [1.29, 1.82) is 0 Å². The normalized spacial score (nSPS) is 12.2. The van der Waals surface area contributed by atoms with Gasteiger partial charge in [-0.3, -0.25) is 0 Å². The Labute approximate surface area is 198 Å². The third kappa shape index (κ3) is 4.97. The number of rotatable bonds is 9. The first kappa shape index (κ1) is 23.1. The lowest BCUT2D eigenvalue weighted by atomic mass is 9.81. The number of carboxylic acid groups (broad SMARTS) is 1. The molecular formula is C28H26N2O4. The predicted molar refractivity (Wildman–Crippen MR) is 128 cm³/mol. The lowest BCUT2D eigenvalue weighted by Crippen LogP contribution is -2.51. The molecule has 6 heteroatoms. The molecule has 0 unspecified atom stereocenters. The summed E-state index contributed by atoms with van der Waals surface area (Å²) in [7, 11) is 0. The van der Waals surface area contributed by atoms with Gasteiger partial charge in [0, 0.05) is 11.4 Å². The molecule has 34 heavy (non-hydrogen) atoms. The van der Waals surface area contributed by atoms with Gasteiger partial charge < -0.3 is 14.6 Å². The minimum Gasteiger partial charge on any atom is -0.478 e. The van der Waals surface area contributed by atoms with Gasteiger partial charge in [0.1, 0.15) is 0 Å². The quantitative estimate of drug-likeness (QED) is 0.380. The second-order valence-electron chi connectivity index (χ2n) is 8.01. The highest BCUT2D eigenvalue weighted by Crippen LogP contribution is 2.40. The van der Waals surface area contributed by atoms with E-state index in [0.29, 0.717) is 22.5 Å². The van der Waals surface area contributed by atoms with Crippen LogP contribution < -0.4 is 4.74 Å². The largest absolute Gasteiger partial charge is 0.478 e. The number of ether oxygens (including phenoxy) is 2. The van der Waals surface area contributed by atoms with Crippen molar-refractivity contribution < 1.29 is 19.4 Å². The lowest BCUT2D eigenvalue weighted by Gasteiger charge is -2.39. The van der Waals surface area contributed by atoms with Crippen LogP contribution in [0.25, 0.3) is 0 Å². The predicted octanol–water partition coefficient (Wildman–Crippen LogP) is 5.09. The van der Waals surface area contributed by atoms with Crippen molar-refractivity contribution in [3.05, 3.63) is 125 Å². The first-order valence-electron chi connectivity index (χ1n) is 11.0. The average molecular weight is 455 g/mol. The van der Waals surface area contributed by atoms with Crippen LogP contribution in [-0.4, -0.2) is 27.1 Å². The maximum atomic E-state index is 12.8.